The van der Waals surface area contributed by atoms with Crippen LogP contribution in [0.1, 0.15) is 36.8 Å². The normalized spacial score (nSPS) is 18.8. The average Bonchev–Trinajstić information content (AvgIpc) is 2.58. The van der Waals surface area contributed by atoms with Crippen molar-refractivity contribution >= 4 is 0 Å². The summed E-state index contributed by atoms with van der Waals surface area (Å²) in [7, 11) is 0. The smallest absolute Gasteiger partial charge is 0.125 e. The molecule has 0 saturated carbocycles. The van der Waals surface area contributed by atoms with Crippen molar-refractivity contribution in [3.63, 3.8) is 0 Å². The molecule has 0 spiro atoms. The third-order valence-corrected chi connectivity index (χ3v) is 4.21. The number of rotatable bonds is 5. The zero-order chi connectivity index (χ0) is 16.9. The molecule has 1 aromatic carbocycles. The molecule has 1 N–H and O–H groups in total. The predicted molar refractivity (Wildman–Crippen MR) is 95.0 cm³/mol. The summed E-state index contributed by atoms with van der Waals surface area (Å²) in [5, 5.41) is 3.50. The van der Waals surface area contributed by atoms with Gasteiger partial charge in [-0.3, -0.25) is 4.90 Å². The maximum absolute atomic E-state index is 5.74. The molecule has 5 nitrogen and oxygen atoms in total. The number of nitrogens with zero attached hydrogens (tertiary/aromatic N) is 3. The van der Waals surface area contributed by atoms with Gasteiger partial charge in [-0.1, -0.05) is 12.1 Å². The van der Waals surface area contributed by atoms with Gasteiger partial charge in [0.1, 0.15) is 11.6 Å². The monoisotopic (exact) mass is 326 g/mol. The molecule has 24 heavy (non-hydrogen) atoms. The van der Waals surface area contributed by atoms with Crippen LogP contribution in [0.3, 0.4) is 0 Å². The first-order valence-corrected chi connectivity index (χ1v) is 8.61. The molecule has 5 heteroatoms. The molecule has 1 aliphatic heterocycles. The Morgan fingerprint density at radius 3 is 2.58 bits per heavy atom. The van der Waals surface area contributed by atoms with Gasteiger partial charge in [-0.2, -0.15) is 0 Å². The minimum Gasteiger partial charge on any atom is -0.491 e. The lowest BCUT2D eigenvalue weighted by Crippen LogP contribution is -2.45. The summed E-state index contributed by atoms with van der Waals surface area (Å²) >= 11 is 0. The van der Waals surface area contributed by atoms with Crippen molar-refractivity contribution in [3.8, 4) is 5.75 Å². The van der Waals surface area contributed by atoms with E-state index in [0.717, 1.165) is 43.3 Å². The van der Waals surface area contributed by atoms with Crippen molar-refractivity contribution in [1.29, 1.82) is 0 Å². The highest BCUT2D eigenvalue weighted by molar-refractivity contribution is 5.30. The quantitative estimate of drug-likeness (QED) is 0.915. The van der Waals surface area contributed by atoms with Crippen molar-refractivity contribution < 1.29 is 4.74 Å². The fourth-order valence-electron chi connectivity index (χ4n) is 3.04. The molecule has 1 atom stereocenters. The Morgan fingerprint density at radius 1 is 1.21 bits per heavy atom. The molecule has 1 aromatic heterocycles. The zero-order valence-electron chi connectivity index (χ0n) is 14.7. The van der Waals surface area contributed by atoms with Gasteiger partial charge in [-0.25, -0.2) is 9.97 Å². The van der Waals surface area contributed by atoms with Gasteiger partial charge in [-0.05, 0) is 38.5 Å². The fourth-order valence-corrected chi connectivity index (χ4v) is 3.04. The second-order valence-electron chi connectivity index (χ2n) is 6.56. The van der Waals surface area contributed by atoms with E-state index in [1.165, 1.54) is 5.56 Å². The van der Waals surface area contributed by atoms with Gasteiger partial charge in [-0.15, -0.1) is 0 Å². The maximum Gasteiger partial charge on any atom is 0.125 e. The molecule has 2 aromatic rings. The SMILES string of the molecule is Cc1ncc(CN2CCNC[C@H]2c2ccc(OC(C)C)cc2)cn1. The fraction of sp³-hybridized carbons (Fsp3) is 0.474. The summed E-state index contributed by atoms with van der Waals surface area (Å²) in [6, 6.07) is 8.84. The molecule has 0 amide bonds. The summed E-state index contributed by atoms with van der Waals surface area (Å²) in [6.45, 7) is 9.86. The van der Waals surface area contributed by atoms with E-state index in [1.54, 1.807) is 0 Å². The molecule has 0 bridgehead atoms. The first kappa shape index (κ1) is 16.9. The molecule has 1 fully saturated rings. The lowest BCUT2D eigenvalue weighted by atomic mass is 10.0. The van der Waals surface area contributed by atoms with Crippen LogP contribution in [0, 0.1) is 6.92 Å². The van der Waals surface area contributed by atoms with Gasteiger partial charge < -0.3 is 10.1 Å². The van der Waals surface area contributed by atoms with Crippen molar-refractivity contribution in [1.82, 2.24) is 20.2 Å². The Morgan fingerprint density at radius 2 is 1.92 bits per heavy atom. The van der Waals surface area contributed by atoms with E-state index in [4.69, 9.17) is 4.74 Å². The van der Waals surface area contributed by atoms with Gasteiger partial charge in [0.2, 0.25) is 0 Å². The molecule has 3 rings (SSSR count). The van der Waals surface area contributed by atoms with Gasteiger partial charge in [0, 0.05) is 50.2 Å². The number of ether oxygens (including phenoxy) is 1. The van der Waals surface area contributed by atoms with E-state index in [2.05, 4.69) is 44.5 Å². The molecular formula is C19H26N4O. The summed E-state index contributed by atoms with van der Waals surface area (Å²) in [5.74, 6) is 1.74. The van der Waals surface area contributed by atoms with Crippen LogP contribution in [-0.2, 0) is 6.54 Å². The average molecular weight is 326 g/mol. The topological polar surface area (TPSA) is 50.3 Å². The van der Waals surface area contributed by atoms with E-state index in [9.17, 15) is 0 Å². The first-order chi connectivity index (χ1) is 11.6. The Bertz CT molecular complexity index is 639. The number of nitrogens with one attached hydrogen (secondary N) is 1. The second-order valence-corrected chi connectivity index (χ2v) is 6.56. The van der Waals surface area contributed by atoms with Gasteiger partial charge >= 0.3 is 0 Å². The highest BCUT2D eigenvalue weighted by Gasteiger charge is 2.24. The number of hydrogen-bond donors (Lipinski definition) is 1. The van der Waals surface area contributed by atoms with Crippen molar-refractivity contribution in [2.24, 2.45) is 0 Å². The molecule has 1 aliphatic rings. The van der Waals surface area contributed by atoms with Crippen LogP contribution < -0.4 is 10.1 Å². The Balaban J connectivity index is 1.72. The summed E-state index contributed by atoms with van der Waals surface area (Å²) < 4.78 is 5.74. The van der Waals surface area contributed by atoms with Crippen LogP contribution in [0.25, 0.3) is 0 Å². The van der Waals surface area contributed by atoms with Crippen LogP contribution >= 0.6 is 0 Å². The van der Waals surface area contributed by atoms with E-state index in [-0.39, 0.29) is 6.10 Å². The summed E-state index contributed by atoms with van der Waals surface area (Å²) in [4.78, 5) is 11.1. The summed E-state index contributed by atoms with van der Waals surface area (Å²) in [6.07, 6.45) is 4.06. The maximum atomic E-state index is 5.74. The highest BCUT2D eigenvalue weighted by Crippen LogP contribution is 2.26. The largest absolute Gasteiger partial charge is 0.491 e. The van der Waals surface area contributed by atoms with Crippen LogP contribution in [-0.4, -0.2) is 40.6 Å². The molecular weight excluding hydrogens is 300 g/mol. The summed E-state index contributed by atoms with van der Waals surface area (Å²) in [5.41, 5.74) is 2.47. The second kappa shape index (κ2) is 7.73. The predicted octanol–water partition coefficient (Wildman–Crippen LogP) is 2.72. The number of piperazine rings is 1. The minimum absolute atomic E-state index is 0.199. The van der Waals surface area contributed by atoms with Crippen LogP contribution in [0.5, 0.6) is 5.75 Å². The molecule has 0 aliphatic carbocycles. The third kappa shape index (κ3) is 4.30. The molecule has 1 saturated heterocycles. The minimum atomic E-state index is 0.199. The van der Waals surface area contributed by atoms with Crippen LogP contribution in [0.2, 0.25) is 0 Å². The molecule has 128 valence electrons. The Hall–Kier alpha value is -1.98. The molecule has 2 heterocycles. The van der Waals surface area contributed by atoms with E-state index >= 15 is 0 Å². The van der Waals surface area contributed by atoms with Crippen LogP contribution in [0.15, 0.2) is 36.7 Å². The Kier molecular flexibility index (Phi) is 5.43. The van der Waals surface area contributed by atoms with Gasteiger partial charge in [0.25, 0.3) is 0 Å². The zero-order valence-corrected chi connectivity index (χ0v) is 14.7. The lowest BCUT2D eigenvalue weighted by molar-refractivity contribution is 0.153. The number of hydrogen-bond acceptors (Lipinski definition) is 5. The van der Waals surface area contributed by atoms with E-state index in [1.807, 2.05) is 33.2 Å². The molecule has 0 radical (unpaired) electrons. The van der Waals surface area contributed by atoms with Crippen molar-refractivity contribution in [3.05, 3.63) is 53.6 Å². The third-order valence-electron chi connectivity index (χ3n) is 4.21. The number of benzene rings is 1. The number of aryl methyl sites for hydroxylation is 1. The van der Waals surface area contributed by atoms with Gasteiger partial charge in [0.05, 0.1) is 6.10 Å². The van der Waals surface area contributed by atoms with Crippen molar-refractivity contribution in [2.75, 3.05) is 19.6 Å². The first-order valence-electron chi connectivity index (χ1n) is 8.61. The van der Waals surface area contributed by atoms with Crippen LogP contribution in [0.4, 0.5) is 0 Å². The lowest BCUT2D eigenvalue weighted by Gasteiger charge is -2.36. The van der Waals surface area contributed by atoms with E-state index in [0.29, 0.717) is 6.04 Å². The van der Waals surface area contributed by atoms with E-state index < -0.39 is 0 Å². The standard InChI is InChI=1S/C19H26N4O/c1-14(2)24-18-6-4-17(5-7-18)19-12-20-8-9-23(19)13-16-10-21-15(3)22-11-16/h4-7,10-11,14,19-20H,8-9,12-13H2,1-3H3/t19-/m0/s1. The highest BCUT2D eigenvalue weighted by atomic mass is 16.5. The van der Waals surface area contributed by atoms with Gasteiger partial charge in [0.15, 0.2) is 0 Å². The van der Waals surface area contributed by atoms with Crippen molar-refractivity contribution in [2.45, 2.75) is 39.5 Å². The Labute approximate surface area is 144 Å². The number of aromatic nitrogens is 2. The molecule has 0 unspecified atom stereocenters.